The van der Waals surface area contributed by atoms with Crippen molar-refractivity contribution >= 4 is 28.5 Å². The Kier molecular flexibility index (Phi) is 4.39. The fourth-order valence-corrected chi connectivity index (χ4v) is 2.40. The number of hydrogen-bond acceptors (Lipinski definition) is 3. The van der Waals surface area contributed by atoms with Crippen LogP contribution in [0.25, 0.3) is 11.0 Å². The minimum Gasteiger partial charge on any atom is -0.356 e. The molecule has 1 N–H and O–H groups in total. The third-order valence-corrected chi connectivity index (χ3v) is 3.68. The molecule has 0 aliphatic carbocycles. The minimum atomic E-state index is -0.0620. The first-order valence-electron chi connectivity index (χ1n) is 7.07. The summed E-state index contributed by atoms with van der Waals surface area (Å²) in [5.74, 6) is -0.0620. The number of aromatic nitrogens is 1. The van der Waals surface area contributed by atoms with Gasteiger partial charge in [0, 0.05) is 17.0 Å². The van der Waals surface area contributed by atoms with Gasteiger partial charge in [-0.3, -0.25) is 4.79 Å². The van der Waals surface area contributed by atoms with Gasteiger partial charge in [-0.15, -0.1) is 0 Å². The van der Waals surface area contributed by atoms with Crippen molar-refractivity contribution in [2.24, 2.45) is 0 Å². The Bertz CT molecular complexity index is 781. The number of rotatable bonds is 5. The fraction of sp³-hybridized carbons (Fsp3) is 0.176. The van der Waals surface area contributed by atoms with E-state index in [0.717, 1.165) is 17.4 Å². The lowest BCUT2D eigenvalue weighted by atomic mass is 10.1. The summed E-state index contributed by atoms with van der Waals surface area (Å²) < 4.78 is 5.19. The molecule has 5 heteroatoms. The lowest BCUT2D eigenvalue weighted by Crippen LogP contribution is -2.27. The van der Waals surface area contributed by atoms with E-state index in [9.17, 15) is 4.79 Å². The maximum Gasteiger partial charge on any atom is 0.226 e. The highest BCUT2D eigenvalue weighted by atomic mass is 35.5. The zero-order valence-corrected chi connectivity index (χ0v) is 12.6. The van der Waals surface area contributed by atoms with Crippen molar-refractivity contribution in [1.29, 1.82) is 0 Å². The summed E-state index contributed by atoms with van der Waals surface area (Å²) in [5, 5.41) is 8.45. The molecule has 1 aromatic heterocycles. The Morgan fingerprint density at radius 3 is 2.73 bits per heavy atom. The van der Waals surface area contributed by atoms with Gasteiger partial charge >= 0.3 is 0 Å². The van der Waals surface area contributed by atoms with Crippen LogP contribution in [0.4, 0.5) is 0 Å². The topological polar surface area (TPSA) is 55.1 Å². The molecule has 0 bridgehead atoms. The standard InChI is InChI=1S/C17H15ClN2O2/c18-13-7-5-12(6-8-13)9-10-19-17(21)11-15-14-3-1-2-4-16(14)22-20-15/h1-8H,9-11H2,(H,19,21). The highest BCUT2D eigenvalue weighted by molar-refractivity contribution is 6.30. The van der Waals surface area contributed by atoms with E-state index in [1.807, 2.05) is 48.5 Å². The number of fused-ring (bicyclic) bond motifs is 1. The molecule has 112 valence electrons. The van der Waals surface area contributed by atoms with E-state index >= 15 is 0 Å². The summed E-state index contributed by atoms with van der Waals surface area (Å²) in [4.78, 5) is 12.0. The van der Waals surface area contributed by atoms with Crippen molar-refractivity contribution in [1.82, 2.24) is 10.5 Å². The average Bonchev–Trinajstić information content (AvgIpc) is 2.93. The van der Waals surface area contributed by atoms with E-state index in [0.29, 0.717) is 22.8 Å². The van der Waals surface area contributed by atoms with E-state index in [1.54, 1.807) is 0 Å². The van der Waals surface area contributed by atoms with E-state index in [-0.39, 0.29) is 12.3 Å². The van der Waals surface area contributed by atoms with Crippen LogP contribution in [0, 0.1) is 0 Å². The van der Waals surface area contributed by atoms with Crippen molar-refractivity contribution in [3.8, 4) is 0 Å². The van der Waals surface area contributed by atoms with Gasteiger partial charge in [0.05, 0.1) is 6.42 Å². The smallest absolute Gasteiger partial charge is 0.226 e. The third kappa shape index (κ3) is 3.46. The van der Waals surface area contributed by atoms with E-state index in [1.165, 1.54) is 0 Å². The molecule has 0 unspecified atom stereocenters. The van der Waals surface area contributed by atoms with Crippen molar-refractivity contribution in [2.45, 2.75) is 12.8 Å². The number of nitrogens with one attached hydrogen (secondary N) is 1. The number of nitrogens with zero attached hydrogens (tertiary/aromatic N) is 1. The first-order valence-corrected chi connectivity index (χ1v) is 7.44. The molecule has 0 saturated carbocycles. The monoisotopic (exact) mass is 314 g/mol. The van der Waals surface area contributed by atoms with Gasteiger partial charge in [0.1, 0.15) is 5.69 Å². The fourth-order valence-electron chi connectivity index (χ4n) is 2.28. The highest BCUT2D eigenvalue weighted by Crippen LogP contribution is 2.18. The normalized spacial score (nSPS) is 10.8. The van der Waals surface area contributed by atoms with Gasteiger partial charge in [-0.2, -0.15) is 0 Å². The molecule has 3 aromatic rings. The van der Waals surface area contributed by atoms with E-state index < -0.39 is 0 Å². The molecule has 0 radical (unpaired) electrons. The molecule has 0 aliphatic rings. The molecule has 0 atom stereocenters. The van der Waals surface area contributed by atoms with Crippen LogP contribution in [0.2, 0.25) is 5.02 Å². The second-order valence-corrected chi connectivity index (χ2v) is 5.47. The van der Waals surface area contributed by atoms with Crippen molar-refractivity contribution < 1.29 is 9.32 Å². The third-order valence-electron chi connectivity index (χ3n) is 3.43. The van der Waals surface area contributed by atoms with Crippen LogP contribution < -0.4 is 5.32 Å². The van der Waals surface area contributed by atoms with Crippen molar-refractivity contribution in [3.63, 3.8) is 0 Å². The second-order valence-electron chi connectivity index (χ2n) is 5.03. The van der Waals surface area contributed by atoms with Crippen LogP contribution in [-0.2, 0) is 17.6 Å². The molecule has 1 heterocycles. The quantitative estimate of drug-likeness (QED) is 0.785. The number of hydrogen-bond donors (Lipinski definition) is 1. The molecule has 0 fully saturated rings. The Balaban J connectivity index is 1.53. The Hall–Kier alpha value is -2.33. The lowest BCUT2D eigenvalue weighted by Gasteiger charge is -2.04. The van der Waals surface area contributed by atoms with Gasteiger partial charge in [0.2, 0.25) is 5.91 Å². The number of carbonyl (C=O) groups is 1. The van der Waals surface area contributed by atoms with Crippen LogP contribution in [-0.4, -0.2) is 17.6 Å². The van der Waals surface area contributed by atoms with Gasteiger partial charge < -0.3 is 9.84 Å². The van der Waals surface area contributed by atoms with E-state index in [4.69, 9.17) is 16.1 Å². The summed E-state index contributed by atoms with van der Waals surface area (Å²) in [6.07, 6.45) is 0.986. The van der Waals surface area contributed by atoms with Crippen LogP contribution >= 0.6 is 11.6 Å². The summed E-state index contributed by atoms with van der Waals surface area (Å²) in [6, 6.07) is 15.1. The minimum absolute atomic E-state index is 0.0620. The summed E-state index contributed by atoms with van der Waals surface area (Å²) in [5.41, 5.74) is 2.50. The molecular formula is C17H15ClN2O2. The second kappa shape index (κ2) is 6.62. The Morgan fingerprint density at radius 2 is 1.91 bits per heavy atom. The van der Waals surface area contributed by atoms with Gasteiger partial charge in [-0.25, -0.2) is 0 Å². The molecule has 0 aliphatic heterocycles. The van der Waals surface area contributed by atoms with Gasteiger partial charge in [-0.1, -0.05) is 41.0 Å². The molecule has 0 saturated heterocycles. The summed E-state index contributed by atoms with van der Waals surface area (Å²) in [7, 11) is 0. The van der Waals surface area contributed by atoms with Gasteiger partial charge in [0.25, 0.3) is 0 Å². The maximum absolute atomic E-state index is 12.0. The molecule has 22 heavy (non-hydrogen) atoms. The summed E-state index contributed by atoms with van der Waals surface area (Å²) in [6.45, 7) is 0.580. The number of carbonyl (C=O) groups excluding carboxylic acids is 1. The molecule has 0 spiro atoms. The maximum atomic E-state index is 12.0. The average molecular weight is 315 g/mol. The lowest BCUT2D eigenvalue weighted by molar-refractivity contribution is -0.120. The predicted octanol–water partition coefficient (Wildman–Crippen LogP) is 3.38. The molecule has 3 rings (SSSR count). The largest absolute Gasteiger partial charge is 0.356 e. The van der Waals surface area contributed by atoms with Crippen LogP contribution in [0.1, 0.15) is 11.3 Å². The van der Waals surface area contributed by atoms with Crippen molar-refractivity contribution in [3.05, 3.63) is 64.8 Å². The zero-order valence-electron chi connectivity index (χ0n) is 11.9. The number of halogens is 1. The number of benzene rings is 2. The van der Waals surface area contributed by atoms with Crippen LogP contribution in [0.5, 0.6) is 0 Å². The Morgan fingerprint density at radius 1 is 1.14 bits per heavy atom. The molecule has 1 amide bonds. The van der Waals surface area contributed by atoms with Crippen LogP contribution in [0.3, 0.4) is 0 Å². The number of amides is 1. The highest BCUT2D eigenvalue weighted by Gasteiger charge is 2.11. The molecule has 4 nitrogen and oxygen atoms in total. The number of para-hydroxylation sites is 1. The molecular weight excluding hydrogens is 300 g/mol. The zero-order chi connectivity index (χ0) is 15.4. The van der Waals surface area contributed by atoms with Gasteiger partial charge in [0.15, 0.2) is 5.58 Å². The summed E-state index contributed by atoms with van der Waals surface area (Å²) >= 11 is 5.84. The van der Waals surface area contributed by atoms with E-state index in [2.05, 4.69) is 10.5 Å². The van der Waals surface area contributed by atoms with Crippen LogP contribution in [0.15, 0.2) is 53.1 Å². The first kappa shape index (κ1) is 14.6. The van der Waals surface area contributed by atoms with Gasteiger partial charge in [-0.05, 0) is 36.2 Å². The predicted molar refractivity (Wildman–Crippen MR) is 85.9 cm³/mol. The SMILES string of the molecule is O=C(Cc1noc2ccccc12)NCCc1ccc(Cl)cc1. The molecule has 2 aromatic carbocycles. The first-order chi connectivity index (χ1) is 10.7. The van der Waals surface area contributed by atoms with Crippen molar-refractivity contribution in [2.75, 3.05) is 6.54 Å². The Labute approximate surface area is 133 Å².